The highest BCUT2D eigenvalue weighted by Crippen LogP contribution is 2.15. The van der Waals surface area contributed by atoms with Crippen LogP contribution in [-0.2, 0) is 10.0 Å². The maximum Gasteiger partial charge on any atom is 0.241 e. The molecule has 0 amide bonds. The van der Waals surface area contributed by atoms with Gasteiger partial charge in [0.15, 0.2) is 0 Å². The number of rotatable bonds is 5. The Hall–Kier alpha value is -0.910. The Morgan fingerprint density at radius 2 is 1.88 bits per heavy atom. The fourth-order valence-corrected chi connectivity index (χ4v) is 3.04. The summed E-state index contributed by atoms with van der Waals surface area (Å²) in [5.41, 5.74) is 0.712. The van der Waals surface area contributed by atoms with Crippen molar-refractivity contribution in [2.75, 3.05) is 6.61 Å². The van der Waals surface area contributed by atoms with Crippen LogP contribution in [0, 0.1) is 12.8 Å². The molecule has 5 heteroatoms. The largest absolute Gasteiger partial charge is 0.396 e. The molecule has 4 nitrogen and oxygen atoms in total. The minimum atomic E-state index is -3.51. The standard InChI is InChI=1S/C12H19NO3S/c1-9-6-4-5-7-12(9)17(15,16)13-11(3)10(2)8-14/h4-7,10-11,13-14H,8H2,1-3H3. The molecule has 0 saturated carbocycles. The lowest BCUT2D eigenvalue weighted by molar-refractivity contribution is 0.216. The van der Waals surface area contributed by atoms with Crippen LogP contribution in [0.1, 0.15) is 19.4 Å². The van der Waals surface area contributed by atoms with Crippen molar-refractivity contribution in [2.24, 2.45) is 5.92 Å². The van der Waals surface area contributed by atoms with E-state index < -0.39 is 10.0 Å². The van der Waals surface area contributed by atoms with Gasteiger partial charge in [-0.05, 0) is 31.4 Å². The van der Waals surface area contributed by atoms with Gasteiger partial charge in [0.25, 0.3) is 0 Å². The molecule has 0 aliphatic heterocycles. The lowest BCUT2D eigenvalue weighted by Crippen LogP contribution is -2.38. The van der Waals surface area contributed by atoms with Gasteiger partial charge in [-0.15, -0.1) is 0 Å². The van der Waals surface area contributed by atoms with E-state index in [0.717, 1.165) is 0 Å². The Morgan fingerprint density at radius 1 is 1.29 bits per heavy atom. The summed E-state index contributed by atoms with van der Waals surface area (Å²) in [6, 6.07) is 6.53. The first-order valence-corrected chi connectivity index (χ1v) is 7.05. The summed E-state index contributed by atoms with van der Waals surface area (Å²) in [5, 5.41) is 8.99. The van der Waals surface area contributed by atoms with E-state index in [9.17, 15) is 8.42 Å². The average Bonchev–Trinajstić information content (AvgIpc) is 2.27. The fourth-order valence-electron chi connectivity index (χ4n) is 1.44. The first-order valence-electron chi connectivity index (χ1n) is 5.57. The zero-order valence-electron chi connectivity index (χ0n) is 10.3. The number of hydrogen-bond acceptors (Lipinski definition) is 3. The molecule has 0 radical (unpaired) electrons. The van der Waals surface area contributed by atoms with Crippen molar-refractivity contribution < 1.29 is 13.5 Å². The van der Waals surface area contributed by atoms with E-state index in [1.54, 1.807) is 45.0 Å². The van der Waals surface area contributed by atoms with E-state index >= 15 is 0 Å². The van der Waals surface area contributed by atoms with Crippen LogP contribution in [0.5, 0.6) is 0 Å². The normalized spacial score (nSPS) is 15.5. The van der Waals surface area contributed by atoms with Crippen LogP contribution in [0.3, 0.4) is 0 Å². The third kappa shape index (κ3) is 3.52. The van der Waals surface area contributed by atoms with Crippen molar-refractivity contribution in [3.8, 4) is 0 Å². The van der Waals surface area contributed by atoms with E-state index in [4.69, 9.17) is 5.11 Å². The molecule has 0 aromatic heterocycles. The van der Waals surface area contributed by atoms with Gasteiger partial charge in [-0.1, -0.05) is 25.1 Å². The van der Waals surface area contributed by atoms with Gasteiger partial charge >= 0.3 is 0 Å². The molecule has 0 spiro atoms. The Bertz CT molecular complexity index is 470. The van der Waals surface area contributed by atoms with Gasteiger partial charge in [-0.25, -0.2) is 13.1 Å². The molecular weight excluding hydrogens is 238 g/mol. The number of nitrogens with one attached hydrogen (secondary N) is 1. The summed E-state index contributed by atoms with van der Waals surface area (Å²) in [6.45, 7) is 5.26. The predicted octanol–water partition coefficient (Wildman–Crippen LogP) is 1.29. The summed E-state index contributed by atoms with van der Waals surface area (Å²) in [5.74, 6) is -0.117. The third-order valence-corrected chi connectivity index (χ3v) is 4.58. The van der Waals surface area contributed by atoms with E-state index in [2.05, 4.69) is 4.72 Å². The highest BCUT2D eigenvalue weighted by atomic mass is 32.2. The predicted molar refractivity (Wildman–Crippen MR) is 67.2 cm³/mol. The van der Waals surface area contributed by atoms with Crippen LogP contribution < -0.4 is 4.72 Å². The second kappa shape index (κ2) is 5.62. The fraction of sp³-hybridized carbons (Fsp3) is 0.500. The minimum absolute atomic E-state index is 0.0442. The molecule has 1 aromatic carbocycles. The SMILES string of the molecule is Cc1ccccc1S(=O)(=O)NC(C)C(C)CO. The quantitative estimate of drug-likeness (QED) is 0.835. The van der Waals surface area contributed by atoms with E-state index in [1.165, 1.54) is 0 Å². The van der Waals surface area contributed by atoms with Gasteiger partial charge in [0, 0.05) is 12.6 Å². The van der Waals surface area contributed by atoms with E-state index in [0.29, 0.717) is 5.56 Å². The highest BCUT2D eigenvalue weighted by Gasteiger charge is 2.21. The van der Waals surface area contributed by atoms with Crippen LogP contribution in [-0.4, -0.2) is 26.2 Å². The number of aliphatic hydroxyl groups is 1. The maximum absolute atomic E-state index is 12.1. The number of hydrogen-bond donors (Lipinski definition) is 2. The molecule has 2 N–H and O–H groups in total. The second-order valence-electron chi connectivity index (χ2n) is 4.34. The van der Waals surface area contributed by atoms with Gasteiger partial charge in [-0.3, -0.25) is 0 Å². The summed E-state index contributed by atoms with van der Waals surface area (Å²) >= 11 is 0. The number of aryl methyl sites for hydroxylation is 1. The molecule has 0 heterocycles. The van der Waals surface area contributed by atoms with Crippen LogP contribution in [0.25, 0.3) is 0 Å². The van der Waals surface area contributed by atoms with Crippen molar-refractivity contribution >= 4 is 10.0 Å². The van der Waals surface area contributed by atoms with Gasteiger partial charge in [-0.2, -0.15) is 0 Å². The van der Waals surface area contributed by atoms with Crippen LogP contribution >= 0.6 is 0 Å². The Labute approximate surface area is 103 Å². The summed E-state index contributed by atoms with van der Waals surface area (Å²) < 4.78 is 26.8. The van der Waals surface area contributed by atoms with Gasteiger partial charge in [0.05, 0.1) is 4.90 Å². The molecule has 2 atom stereocenters. The lowest BCUT2D eigenvalue weighted by Gasteiger charge is -2.19. The number of benzene rings is 1. The first-order chi connectivity index (χ1) is 7.88. The Balaban J connectivity index is 2.94. The zero-order valence-corrected chi connectivity index (χ0v) is 11.2. The molecule has 96 valence electrons. The van der Waals surface area contributed by atoms with Crippen LogP contribution in [0.2, 0.25) is 0 Å². The molecule has 0 saturated heterocycles. The molecule has 0 aliphatic rings. The maximum atomic E-state index is 12.1. The molecule has 1 aromatic rings. The summed E-state index contributed by atoms with van der Waals surface area (Å²) in [4.78, 5) is 0.289. The average molecular weight is 257 g/mol. The topological polar surface area (TPSA) is 66.4 Å². The second-order valence-corrected chi connectivity index (χ2v) is 6.02. The summed E-state index contributed by atoms with van der Waals surface area (Å²) in [7, 11) is -3.51. The molecule has 17 heavy (non-hydrogen) atoms. The molecular formula is C12H19NO3S. The first kappa shape index (κ1) is 14.2. The molecule has 0 bridgehead atoms. The molecule has 2 unspecified atom stereocenters. The van der Waals surface area contributed by atoms with E-state index in [-0.39, 0.29) is 23.5 Å². The summed E-state index contributed by atoms with van der Waals surface area (Å²) in [6.07, 6.45) is 0. The monoisotopic (exact) mass is 257 g/mol. The van der Waals surface area contributed by atoms with Crippen molar-refractivity contribution in [3.63, 3.8) is 0 Å². The zero-order chi connectivity index (χ0) is 13.1. The Morgan fingerprint density at radius 3 is 2.41 bits per heavy atom. The van der Waals surface area contributed by atoms with Crippen molar-refractivity contribution in [2.45, 2.75) is 31.7 Å². The van der Waals surface area contributed by atoms with Crippen molar-refractivity contribution in [1.82, 2.24) is 4.72 Å². The van der Waals surface area contributed by atoms with Gasteiger partial charge in [0.1, 0.15) is 0 Å². The highest BCUT2D eigenvalue weighted by molar-refractivity contribution is 7.89. The Kier molecular flexibility index (Phi) is 4.68. The smallest absolute Gasteiger partial charge is 0.241 e. The van der Waals surface area contributed by atoms with Gasteiger partial charge in [0.2, 0.25) is 10.0 Å². The van der Waals surface area contributed by atoms with Crippen LogP contribution in [0.4, 0.5) is 0 Å². The lowest BCUT2D eigenvalue weighted by atomic mass is 10.1. The van der Waals surface area contributed by atoms with E-state index in [1.807, 2.05) is 0 Å². The van der Waals surface area contributed by atoms with Gasteiger partial charge < -0.3 is 5.11 Å². The van der Waals surface area contributed by atoms with Crippen molar-refractivity contribution in [1.29, 1.82) is 0 Å². The third-order valence-electron chi connectivity index (χ3n) is 2.87. The molecule has 0 fully saturated rings. The van der Waals surface area contributed by atoms with Crippen molar-refractivity contribution in [3.05, 3.63) is 29.8 Å². The van der Waals surface area contributed by atoms with Crippen LogP contribution in [0.15, 0.2) is 29.2 Å². The minimum Gasteiger partial charge on any atom is -0.396 e. The number of aliphatic hydroxyl groups excluding tert-OH is 1. The molecule has 0 aliphatic carbocycles. The molecule has 1 rings (SSSR count). The number of sulfonamides is 1.